The van der Waals surface area contributed by atoms with Crippen molar-refractivity contribution >= 4 is 28.5 Å². The number of esters is 1. The minimum Gasteiger partial charge on any atom is -0.493 e. The summed E-state index contributed by atoms with van der Waals surface area (Å²) in [5.41, 5.74) is 0.763. The van der Waals surface area contributed by atoms with E-state index in [9.17, 15) is 4.79 Å². The van der Waals surface area contributed by atoms with E-state index in [1.807, 2.05) is 12.1 Å². The molecule has 0 spiro atoms. The first-order valence-corrected chi connectivity index (χ1v) is 6.83. The van der Waals surface area contributed by atoms with Crippen molar-refractivity contribution in [3.05, 3.63) is 35.5 Å². The van der Waals surface area contributed by atoms with Crippen molar-refractivity contribution in [2.75, 3.05) is 13.2 Å². The van der Waals surface area contributed by atoms with Gasteiger partial charge in [-0.25, -0.2) is 0 Å². The molecule has 1 unspecified atom stereocenters. The van der Waals surface area contributed by atoms with Gasteiger partial charge < -0.3 is 9.47 Å². The average molecular weight is 294 g/mol. The van der Waals surface area contributed by atoms with Crippen molar-refractivity contribution in [3.8, 4) is 5.75 Å². The minimum atomic E-state index is -0.307. The Bertz CT molecular complexity index is 615. The van der Waals surface area contributed by atoms with E-state index in [0.717, 1.165) is 10.9 Å². The average Bonchev–Trinajstić information content (AvgIpc) is 2.45. The van der Waals surface area contributed by atoms with E-state index in [1.54, 1.807) is 32.2 Å². The van der Waals surface area contributed by atoms with Gasteiger partial charge in [-0.2, -0.15) is 0 Å². The number of rotatable bonds is 5. The minimum absolute atomic E-state index is 0.255. The second-order valence-corrected chi connectivity index (χ2v) is 4.84. The van der Waals surface area contributed by atoms with Crippen LogP contribution in [0, 0.1) is 5.92 Å². The van der Waals surface area contributed by atoms with Crippen molar-refractivity contribution in [1.29, 1.82) is 0 Å². The molecular formula is C15H16ClNO3. The third-order valence-corrected chi connectivity index (χ3v) is 3.18. The molecule has 0 aliphatic heterocycles. The summed E-state index contributed by atoms with van der Waals surface area (Å²) in [6, 6.07) is 7.22. The number of nitrogens with zero attached hydrogens (tertiary/aromatic N) is 1. The monoisotopic (exact) mass is 293 g/mol. The number of fused-ring (bicyclic) bond motifs is 1. The van der Waals surface area contributed by atoms with Crippen LogP contribution in [0.5, 0.6) is 5.75 Å². The van der Waals surface area contributed by atoms with E-state index >= 15 is 0 Å². The second kappa shape index (κ2) is 6.57. The molecule has 5 heteroatoms. The Morgan fingerprint density at radius 3 is 2.95 bits per heavy atom. The summed E-state index contributed by atoms with van der Waals surface area (Å²) in [5.74, 6) is 0.0934. The molecule has 0 N–H and O–H groups in total. The quantitative estimate of drug-likeness (QED) is 0.792. The molecule has 20 heavy (non-hydrogen) atoms. The van der Waals surface area contributed by atoms with Crippen molar-refractivity contribution in [3.63, 3.8) is 0 Å². The number of halogens is 1. The van der Waals surface area contributed by atoms with E-state index in [4.69, 9.17) is 21.1 Å². The predicted octanol–water partition coefficient (Wildman–Crippen LogP) is 3.47. The molecule has 0 amide bonds. The van der Waals surface area contributed by atoms with E-state index in [-0.39, 0.29) is 18.5 Å². The standard InChI is InChI=1S/C15H16ClNO3/c1-3-19-15(18)10(2)9-20-11-4-5-12-13(16)6-7-17-14(12)8-11/h4-8,10H,3,9H2,1-2H3. The lowest BCUT2D eigenvalue weighted by molar-refractivity contribution is -0.148. The molecule has 0 saturated heterocycles. The normalized spacial score (nSPS) is 12.2. The number of ether oxygens (including phenoxy) is 2. The van der Waals surface area contributed by atoms with Gasteiger partial charge in [-0.3, -0.25) is 9.78 Å². The first-order valence-electron chi connectivity index (χ1n) is 6.45. The van der Waals surface area contributed by atoms with Crippen LogP contribution in [0.15, 0.2) is 30.5 Å². The van der Waals surface area contributed by atoms with Crippen LogP contribution in [-0.4, -0.2) is 24.2 Å². The Kier molecular flexibility index (Phi) is 4.79. The Balaban J connectivity index is 2.05. The molecule has 0 saturated carbocycles. The highest BCUT2D eigenvalue weighted by Crippen LogP contribution is 2.25. The Hall–Kier alpha value is -1.81. The van der Waals surface area contributed by atoms with Gasteiger partial charge in [0.1, 0.15) is 12.4 Å². The SMILES string of the molecule is CCOC(=O)C(C)COc1ccc2c(Cl)ccnc2c1. The number of pyridine rings is 1. The molecule has 0 aliphatic rings. The lowest BCUT2D eigenvalue weighted by Crippen LogP contribution is -2.21. The topological polar surface area (TPSA) is 48.4 Å². The van der Waals surface area contributed by atoms with Gasteiger partial charge >= 0.3 is 5.97 Å². The molecule has 4 nitrogen and oxygen atoms in total. The summed E-state index contributed by atoms with van der Waals surface area (Å²) in [5, 5.41) is 1.53. The summed E-state index contributed by atoms with van der Waals surface area (Å²) in [6.45, 7) is 4.20. The fourth-order valence-corrected chi connectivity index (χ4v) is 1.97. The van der Waals surface area contributed by atoms with Gasteiger partial charge in [0.05, 0.1) is 23.1 Å². The van der Waals surface area contributed by atoms with E-state index < -0.39 is 0 Å². The van der Waals surface area contributed by atoms with E-state index in [2.05, 4.69) is 4.98 Å². The molecule has 2 rings (SSSR count). The van der Waals surface area contributed by atoms with Crippen molar-refractivity contribution in [1.82, 2.24) is 4.98 Å². The number of carbonyl (C=O) groups excluding carboxylic acids is 1. The number of aromatic nitrogens is 1. The van der Waals surface area contributed by atoms with Crippen molar-refractivity contribution in [2.45, 2.75) is 13.8 Å². The lowest BCUT2D eigenvalue weighted by Gasteiger charge is -2.12. The molecule has 0 bridgehead atoms. The molecule has 2 aromatic rings. The van der Waals surface area contributed by atoms with Gasteiger partial charge in [0.2, 0.25) is 0 Å². The van der Waals surface area contributed by atoms with E-state index in [1.165, 1.54) is 0 Å². The van der Waals surface area contributed by atoms with Crippen LogP contribution in [0.2, 0.25) is 5.02 Å². The number of benzene rings is 1. The molecule has 0 fully saturated rings. The van der Waals surface area contributed by atoms with Gasteiger partial charge in [-0.1, -0.05) is 11.6 Å². The third-order valence-electron chi connectivity index (χ3n) is 2.85. The zero-order valence-corrected chi connectivity index (χ0v) is 12.2. The summed E-state index contributed by atoms with van der Waals surface area (Å²) < 4.78 is 10.5. The number of hydrogen-bond donors (Lipinski definition) is 0. The Morgan fingerprint density at radius 2 is 2.20 bits per heavy atom. The Morgan fingerprint density at radius 1 is 1.40 bits per heavy atom. The molecule has 106 valence electrons. The fourth-order valence-electron chi connectivity index (χ4n) is 1.76. The van der Waals surface area contributed by atoms with Crippen LogP contribution in [0.25, 0.3) is 10.9 Å². The predicted molar refractivity (Wildman–Crippen MR) is 78.0 cm³/mol. The van der Waals surface area contributed by atoms with Gasteiger partial charge in [0.25, 0.3) is 0 Å². The highest BCUT2D eigenvalue weighted by molar-refractivity contribution is 6.35. The lowest BCUT2D eigenvalue weighted by atomic mass is 10.2. The maximum absolute atomic E-state index is 11.5. The molecule has 0 aliphatic carbocycles. The summed E-state index contributed by atoms with van der Waals surface area (Å²) in [6.07, 6.45) is 1.65. The third kappa shape index (κ3) is 3.39. The van der Waals surface area contributed by atoms with Crippen LogP contribution >= 0.6 is 11.6 Å². The van der Waals surface area contributed by atoms with E-state index in [0.29, 0.717) is 17.4 Å². The maximum Gasteiger partial charge on any atom is 0.312 e. The first kappa shape index (κ1) is 14.6. The number of hydrogen-bond acceptors (Lipinski definition) is 4. The molecule has 1 heterocycles. The zero-order valence-electron chi connectivity index (χ0n) is 11.4. The van der Waals surface area contributed by atoms with Crippen LogP contribution in [0.4, 0.5) is 0 Å². The zero-order chi connectivity index (χ0) is 14.5. The van der Waals surface area contributed by atoms with Gasteiger partial charge in [0, 0.05) is 17.6 Å². The van der Waals surface area contributed by atoms with Crippen molar-refractivity contribution < 1.29 is 14.3 Å². The first-order chi connectivity index (χ1) is 9.61. The fraction of sp³-hybridized carbons (Fsp3) is 0.333. The highest BCUT2D eigenvalue weighted by Gasteiger charge is 2.14. The van der Waals surface area contributed by atoms with Gasteiger partial charge in [-0.15, -0.1) is 0 Å². The van der Waals surface area contributed by atoms with Crippen LogP contribution in [0.1, 0.15) is 13.8 Å². The molecule has 1 aromatic heterocycles. The maximum atomic E-state index is 11.5. The van der Waals surface area contributed by atoms with Crippen molar-refractivity contribution in [2.24, 2.45) is 5.92 Å². The van der Waals surface area contributed by atoms with Crippen LogP contribution in [-0.2, 0) is 9.53 Å². The number of carbonyl (C=O) groups is 1. The van der Waals surface area contributed by atoms with Gasteiger partial charge in [-0.05, 0) is 32.0 Å². The highest BCUT2D eigenvalue weighted by atomic mass is 35.5. The Labute approximate surface area is 122 Å². The molecule has 1 aromatic carbocycles. The second-order valence-electron chi connectivity index (χ2n) is 4.44. The molecular weight excluding hydrogens is 278 g/mol. The largest absolute Gasteiger partial charge is 0.493 e. The molecule has 1 atom stereocenters. The van der Waals surface area contributed by atoms with Crippen LogP contribution in [0.3, 0.4) is 0 Å². The van der Waals surface area contributed by atoms with Crippen LogP contribution < -0.4 is 4.74 Å². The van der Waals surface area contributed by atoms with Gasteiger partial charge in [0.15, 0.2) is 0 Å². The molecule has 0 radical (unpaired) electrons. The summed E-state index contributed by atoms with van der Waals surface area (Å²) in [4.78, 5) is 15.7. The summed E-state index contributed by atoms with van der Waals surface area (Å²) >= 11 is 6.07. The summed E-state index contributed by atoms with van der Waals surface area (Å²) in [7, 11) is 0. The smallest absolute Gasteiger partial charge is 0.312 e.